The van der Waals surface area contributed by atoms with Gasteiger partial charge >= 0.3 is 5.97 Å². The third-order valence-electron chi connectivity index (χ3n) is 4.68. The molecule has 0 radical (unpaired) electrons. The van der Waals surface area contributed by atoms with Gasteiger partial charge in [-0.1, -0.05) is 12.1 Å². The van der Waals surface area contributed by atoms with Crippen LogP contribution in [-0.2, 0) is 13.1 Å². The van der Waals surface area contributed by atoms with Crippen molar-refractivity contribution in [2.45, 2.75) is 38.6 Å². The third kappa shape index (κ3) is 4.87. The summed E-state index contributed by atoms with van der Waals surface area (Å²) in [5.41, 5.74) is 2.35. The van der Waals surface area contributed by atoms with Crippen LogP contribution < -0.4 is 0 Å². The summed E-state index contributed by atoms with van der Waals surface area (Å²) in [4.78, 5) is 19.8. The first-order chi connectivity index (χ1) is 12.4. The molecule has 7 heteroatoms. The molecule has 1 aliphatic heterocycles. The number of hydrogen-bond donors (Lipinski definition) is 1. The number of carbonyl (C=O) groups is 1. The summed E-state index contributed by atoms with van der Waals surface area (Å²) in [6, 6.07) is 7.07. The minimum absolute atomic E-state index is 0.162. The van der Waals surface area contributed by atoms with E-state index in [0.29, 0.717) is 26.1 Å². The molecule has 2 aromatic rings. The Kier molecular flexibility index (Phi) is 6.01. The van der Waals surface area contributed by atoms with Gasteiger partial charge < -0.3 is 10.0 Å². The molecule has 1 aliphatic rings. The Morgan fingerprint density at radius 3 is 2.77 bits per heavy atom. The maximum absolute atomic E-state index is 14.0. The molecule has 26 heavy (non-hydrogen) atoms. The van der Waals surface area contributed by atoms with Crippen molar-refractivity contribution in [3.05, 3.63) is 51.5 Å². The number of benzene rings is 1. The SMILES string of the molecule is Cc1nc(CN2C[C@@H](F)C[C@H]2CN(C)Cc2ccc(C(=O)O)cc2)cs1. The molecule has 1 aromatic heterocycles. The van der Waals surface area contributed by atoms with Crippen molar-refractivity contribution in [2.75, 3.05) is 20.1 Å². The molecule has 1 saturated heterocycles. The summed E-state index contributed by atoms with van der Waals surface area (Å²) in [6.07, 6.45) is -0.242. The van der Waals surface area contributed by atoms with Crippen LogP contribution in [0.5, 0.6) is 0 Å². The predicted molar refractivity (Wildman–Crippen MR) is 100 cm³/mol. The van der Waals surface area contributed by atoms with Crippen LogP contribution in [0.4, 0.5) is 4.39 Å². The quantitative estimate of drug-likeness (QED) is 0.803. The van der Waals surface area contributed by atoms with Crippen molar-refractivity contribution in [1.82, 2.24) is 14.8 Å². The maximum atomic E-state index is 14.0. The number of nitrogens with zero attached hydrogens (tertiary/aromatic N) is 3. The highest BCUT2D eigenvalue weighted by Gasteiger charge is 2.33. The summed E-state index contributed by atoms with van der Waals surface area (Å²) in [5.74, 6) is -0.919. The van der Waals surface area contributed by atoms with Crippen LogP contribution in [0.15, 0.2) is 29.6 Å². The van der Waals surface area contributed by atoms with Gasteiger partial charge in [-0.25, -0.2) is 14.2 Å². The fraction of sp³-hybridized carbons (Fsp3) is 0.474. The molecule has 5 nitrogen and oxygen atoms in total. The van der Waals surface area contributed by atoms with E-state index in [1.165, 1.54) is 0 Å². The molecule has 1 aromatic carbocycles. The molecule has 140 valence electrons. The molecule has 0 bridgehead atoms. The average molecular weight is 377 g/mol. The zero-order chi connectivity index (χ0) is 18.7. The van der Waals surface area contributed by atoms with Gasteiger partial charge in [-0.3, -0.25) is 4.90 Å². The van der Waals surface area contributed by atoms with Crippen molar-refractivity contribution in [1.29, 1.82) is 0 Å². The number of likely N-dealkylation sites (N-methyl/N-ethyl adjacent to an activating group) is 1. The number of aromatic carboxylic acids is 1. The molecule has 1 fully saturated rings. The number of carboxylic acids is 1. The lowest BCUT2D eigenvalue weighted by atomic mass is 10.1. The molecule has 0 unspecified atom stereocenters. The van der Waals surface area contributed by atoms with Gasteiger partial charge in [0.1, 0.15) is 6.17 Å². The Bertz CT molecular complexity index is 749. The van der Waals surface area contributed by atoms with E-state index in [9.17, 15) is 9.18 Å². The van der Waals surface area contributed by atoms with Crippen LogP contribution in [0.1, 0.15) is 33.0 Å². The van der Waals surface area contributed by atoms with Gasteiger partial charge in [0.05, 0.1) is 16.3 Å². The Hall–Kier alpha value is -1.83. The fourth-order valence-corrected chi connectivity index (χ4v) is 4.09. The molecule has 1 N–H and O–H groups in total. The van der Waals surface area contributed by atoms with Crippen LogP contribution in [0.2, 0.25) is 0 Å². The largest absolute Gasteiger partial charge is 0.478 e. The third-order valence-corrected chi connectivity index (χ3v) is 5.51. The first-order valence-corrected chi connectivity index (χ1v) is 9.58. The lowest BCUT2D eigenvalue weighted by Crippen LogP contribution is -2.38. The number of likely N-dealkylation sites (tertiary alicyclic amines) is 1. The number of aryl methyl sites for hydroxylation is 1. The van der Waals surface area contributed by atoms with E-state index in [2.05, 4.69) is 14.8 Å². The molecular weight excluding hydrogens is 353 g/mol. The lowest BCUT2D eigenvalue weighted by molar-refractivity contribution is 0.0697. The van der Waals surface area contributed by atoms with Gasteiger partial charge in [0.15, 0.2) is 0 Å². The lowest BCUT2D eigenvalue weighted by Gasteiger charge is -2.28. The smallest absolute Gasteiger partial charge is 0.335 e. The summed E-state index contributed by atoms with van der Waals surface area (Å²) < 4.78 is 14.0. The molecule has 2 atom stereocenters. The van der Waals surface area contributed by atoms with Gasteiger partial charge in [0.2, 0.25) is 0 Å². The Balaban J connectivity index is 1.57. The van der Waals surface area contributed by atoms with E-state index in [1.807, 2.05) is 31.5 Å². The highest BCUT2D eigenvalue weighted by atomic mass is 32.1. The molecular formula is C19H24FN3O2S. The highest BCUT2D eigenvalue weighted by molar-refractivity contribution is 7.09. The Morgan fingerprint density at radius 1 is 1.42 bits per heavy atom. The fourth-order valence-electron chi connectivity index (χ4n) is 3.48. The molecule has 0 saturated carbocycles. The van der Waals surface area contributed by atoms with Crippen molar-refractivity contribution in [3.8, 4) is 0 Å². The Labute approximate surface area is 157 Å². The topological polar surface area (TPSA) is 56.7 Å². The number of rotatable bonds is 7. The Morgan fingerprint density at radius 2 is 2.15 bits per heavy atom. The van der Waals surface area contributed by atoms with Gasteiger partial charge in [-0.15, -0.1) is 11.3 Å². The van der Waals surface area contributed by atoms with Crippen molar-refractivity contribution in [3.63, 3.8) is 0 Å². The van der Waals surface area contributed by atoms with Crippen LogP contribution in [-0.4, -0.2) is 58.2 Å². The van der Waals surface area contributed by atoms with E-state index in [1.54, 1.807) is 23.5 Å². The normalized spacial score (nSPS) is 20.8. The van der Waals surface area contributed by atoms with Gasteiger partial charge in [-0.2, -0.15) is 0 Å². The van der Waals surface area contributed by atoms with Crippen molar-refractivity contribution >= 4 is 17.3 Å². The van der Waals surface area contributed by atoms with E-state index in [4.69, 9.17) is 5.11 Å². The standard InChI is InChI=1S/C19H24FN3O2S/c1-13-21-17(12-26-13)10-23-9-16(20)7-18(23)11-22(2)8-14-3-5-15(6-4-14)19(24)25/h3-6,12,16,18H,7-11H2,1-2H3,(H,24,25)/t16-,18-/m0/s1. The van der Waals surface area contributed by atoms with Crippen molar-refractivity contribution in [2.24, 2.45) is 0 Å². The van der Waals surface area contributed by atoms with Crippen LogP contribution in [0, 0.1) is 6.92 Å². The van der Waals surface area contributed by atoms with E-state index in [0.717, 1.165) is 22.8 Å². The first-order valence-electron chi connectivity index (χ1n) is 8.70. The van der Waals surface area contributed by atoms with Crippen LogP contribution in [0.3, 0.4) is 0 Å². The second kappa shape index (κ2) is 8.24. The van der Waals surface area contributed by atoms with Crippen LogP contribution >= 0.6 is 11.3 Å². The number of carboxylic acid groups (broad SMARTS) is 1. The van der Waals surface area contributed by atoms with E-state index in [-0.39, 0.29) is 11.6 Å². The number of aromatic nitrogens is 1. The van der Waals surface area contributed by atoms with Gasteiger partial charge in [-0.05, 0) is 38.1 Å². The second-order valence-electron chi connectivity index (χ2n) is 6.97. The zero-order valence-corrected chi connectivity index (χ0v) is 15.9. The summed E-state index contributed by atoms with van der Waals surface area (Å²) >= 11 is 1.62. The molecule has 0 spiro atoms. The average Bonchev–Trinajstić information content (AvgIpc) is 3.13. The predicted octanol–water partition coefficient (Wildman–Crippen LogP) is 3.19. The number of thiazole rings is 1. The second-order valence-corrected chi connectivity index (χ2v) is 8.04. The van der Waals surface area contributed by atoms with Crippen molar-refractivity contribution < 1.29 is 14.3 Å². The van der Waals surface area contributed by atoms with Crippen LogP contribution in [0.25, 0.3) is 0 Å². The first kappa shape index (κ1) is 18.9. The van der Waals surface area contributed by atoms with Gasteiger partial charge in [0.25, 0.3) is 0 Å². The minimum Gasteiger partial charge on any atom is -0.478 e. The molecule has 3 rings (SSSR count). The summed E-state index contributed by atoms with van der Waals surface area (Å²) in [5, 5.41) is 12.1. The summed E-state index contributed by atoms with van der Waals surface area (Å²) in [7, 11) is 2.02. The monoisotopic (exact) mass is 377 g/mol. The molecule has 0 amide bonds. The number of alkyl halides is 1. The zero-order valence-electron chi connectivity index (χ0n) is 15.1. The molecule has 2 heterocycles. The van der Waals surface area contributed by atoms with Gasteiger partial charge in [0, 0.05) is 37.6 Å². The molecule has 0 aliphatic carbocycles. The van der Waals surface area contributed by atoms with E-state index < -0.39 is 12.1 Å². The maximum Gasteiger partial charge on any atom is 0.335 e. The minimum atomic E-state index is -0.919. The number of hydrogen-bond acceptors (Lipinski definition) is 5. The summed E-state index contributed by atoms with van der Waals surface area (Å²) in [6.45, 7) is 4.61. The number of halogens is 1. The van der Waals surface area contributed by atoms with E-state index >= 15 is 0 Å². The highest BCUT2D eigenvalue weighted by Crippen LogP contribution is 2.24.